The lowest BCUT2D eigenvalue weighted by atomic mass is 9.86. The zero-order chi connectivity index (χ0) is 15.1. The van der Waals surface area contributed by atoms with E-state index in [1.165, 1.54) is 0 Å². The summed E-state index contributed by atoms with van der Waals surface area (Å²) in [5.74, 6) is 0.868. The molecule has 1 aromatic heterocycles. The maximum absolute atomic E-state index is 14.2. The van der Waals surface area contributed by atoms with Crippen molar-refractivity contribution in [3.8, 4) is 0 Å². The Kier molecular flexibility index (Phi) is 3.66. The Balaban J connectivity index is 1.53. The van der Waals surface area contributed by atoms with Gasteiger partial charge in [0.1, 0.15) is 0 Å². The molecule has 2 aliphatic rings. The molecule has 1 aliphatic carbocycles. The number of hydrogen-bond acceptors (Lipinski definition) is 4. The van der Waals surface area contributed by atoms with E-state index in [4.69, 9.17) is 5.11 Å². The van der Waals surface area contributed by atoms with Gasteiger partial charge in [0.2, 0.25) is 5.16 Å². The largest absolute Gasteiger partial charge is 0.396 e. The molecule has 4 nitrogen and oxygen atoms in total. The Morgan fingerprint density at radius 3 is 2.73 bits per heavy atom. The first kappa shape index (κ1) is 14.2. The molecular formula is C16H18FN3OS. The van der Waals surface area contributed by atoms with Crippen molar-refractivity contribution in [1.29, 1.82) is 0 Å². The third-order valence-corrected chi connectivity index (χ3v) is 5.65. The molecule has 0 bridgehead atoms. The lowest BCUT2D eigenvalue weighted by Crippen LogP contribution is -2.28. The van der Waals surface area contributed by atoms with Crippen LogP contribution in [0.4, 0.5) is 4.39 Å². The Bertz CT molecular complexity index is 657. The smallest absolute Gasteiger partial charge is 0.209 e. The van der Waals surface area contributed by atoms with Gasteiger partial charge in [-0.15, -0.1) is 5.10 Å². The van der Waals surface area contributed by atoms with Crippen LogP contribution in [0.2, 0.25) is 0 Å². The molecule has 0 radical (unpaired) electrons. The topological polar surface area (TPSA) is 50.9 Å². The minimum atomic E-state index is -1.04. The monoisotopic (exact) mass is 319 g/mol. The van der Waals surface area contributed by atoms with Crippen LogP contribution < -0.4 is 0 Å². The first-order valence-corrected chi connectivity index (χ1v) is 8.55. The number of fused-ring (bicyclic) bond motifs is 1. The lowest BCUT2D eigenvalue weighted by molar-refractivity contribution is 0.168. The van der Waals surface area contributed by atoms with Crippen LogP contribution in [-0.2, 0) is 0 Å². The second-order valence-corrected chi connectivity index (χ2v) is 7.35. The molecule has 2 heterocycles. The van der Waals surface area contributed by atoms with Gasteiger partial charge in [-0.3, -0.25) is 0 Å². The van der Waals surface area contributed by atoms with Crippen LogP contribution in [0.15, 0.2) is 35.5 Å². The quantitative estimate of drug-likeness (QED) is 0.940. The van der Waals surface area contributed by atoms with E-state index in [0.717, 1.165) is 18.4 Å². The summed E-state index contributed by atoms with van der Waals surface area (Å²) in [5, 5.41) is 14.7. The molecule has 22 heavy (non-hydrogen) atoms. The van der Waals surface area contributed by atoms with Gasteiger partial charge >= 0.3 is 0 Å². The fraction of sp³-hybridized carbons (Fsp3) is 0.500. The Hall–Kier alpha value is -1.40. The first-order valence-electron chi connectivity index (χ1n) is 7.67. The van der Waals surface area contributed by atoms with E-state index in [2.05, 4.69) is 10.1 Å². The number of benzene rings is 1. The van der Waals surface area contributed by atoms with Crippen molar-refractivity contribution in [2.24, 2.45) is 5.92 Å². The first-order chi connectivity index (χ1) is 10.7. The molecule has 0 spiro atoms. The predicted octanol–water partition coefficient (Wildman–Crippen LogP) is 3.14. The SMILES string of the molecule is OCC1CC(Sc2nc3n(n2)C(c2ccccc2)CC3F)C1. The molecule has 2 atom stereocenters. The fourth-order valence-electron chi connectivity index (χ4n) is 3.23. The average molecular weight is 319 g/mol. The summed E-state index contributed by atoms with van der Waals surface area (Å²) in [6, 6.07) is 9.87. The van der Waals surface area contributed by atoms with E-state index in [1.54, 1.807) is 16.4 Å². The van der Waals surface area contributed by atoms with Crippen molar-refractivity contribution in [3.05, 3.63) is 41.7 Å². The number of aliphatic hydroxyl groups excluding tert-OH is 1. The summed E-state index contributed by atoms with van der Waals surface area (Å²) < 4.78 is 16.0. The molecule has 4 rings (SSSR count). The van der Waals surface area contributed by atoms with Gasteiger partial charge in [-0.1, -0.05) is 42.1 Å². The van der Waals surface area contributed by atoms with Gasteiger partial charge in [0.05, 0.1) is 6.04 Å². The maximum Gasteiger partial charge on any atom is 0.209 e. The van der Waals surface area contributed by atoms with Crippen LogP contribution in [0.1, 0.15) is 42.9 Å². The van der Waals surface area contributed by atoms with Crippen molar-refractivity contribution in [1.82, 2.24) is 14.8 Å². The van der Waals surface area contributed by atoms with E-state index >= 15 is 0 Å². The van der Waals surface area contributed by atoms with Crippen molar-refractivity contribution >= 4 is 11.8 Å². The number of rotatable bonds is 4. The van der Waals surface area contributed by atoms with Crippen molar-refractivity contribution in [3.63, 3.8) is 0 Å². The normalized spacial score (nSPS) is 30.1. The summed E-state index contributed by atoms with van der Waals surface area (Å²) in [4.78, 5) is 4.40. The van der Waals surface area contributed by atoms with Gasteiger partial charge in [0.25, 0.3) is 0 Å². The average Bonchev–Trinajstić information content (AvgIpc) is 3.04. The standard InChI is InChI=1S/C16H18FN3OS/c17-13-8-14(11-4-2-1-3-5-11)20-15(13)18-16(19-20)22-12-6-10(7-12)9-21/h1-5,10,12-14,21H,6-9H2. The minimum absolute atomic E-state index is 0.0559. The molecule has 116 valence electrons. The summed E-state index contributed by atoms with van der Waals surface area (Å²) in [5.41, 5.74) is 1.08. The maximum atomic E-state index is 14.2. The second-order valence-electron chi connectivity index (χ2n) is 6.09. The molecule has 1 saturated carbocycles. The molecule has 1 fully saturated rings. The fourth-order valence-corrected chi connectivity index (χ4v) is 4.55. The van der Waals surface area contributed by atoms with Crippen LogP contribution >= 0.6 is 11.8 Å². The molecule has 6 heteroatoms. The second kappa shape index (κ2) is 5.66. The van der Waals surface area contributed by atoms with Crippen LogP contribution in [0.5, 0.6) is 0 Å². The number of halogens is 1. The van der Waals surface area contributed by atoms with Crippen LogP contribution in [0, 0.1) is 5.92 Å². The summed E-state index contributed by atoms with van der Waals surface area (Å²) >= 11 is 1.61. The molecule has 1 aliphatic heterocycles. The molecule has 2 unspecified atom stereocenters. The van der Waals surface area contributed by atoms with Gasteiger partial charge in [-0.25, -0.2) is 14.1 Å². The number of thioether (sulfide) groups is 1. The van der Waals surface area contributed by atoms with Gasteiger partial charge in [-0.2, -0.15) is 0 Å². The van der Waals surface area contributed by atoms with Gasteiger partial charge in [0.15, 0.2) is 12.0 Å². The molecule has 1 aromatic carbocycles. The number of hydrogen-bond donors (Lipinski definition) is 1. The van der Waals surface area contributed by atoms with E-state index in [-0.39, 0.29) is 12.6 Å². The highest BCUT2D eigenvalue weighted by atomic mass is 32.2. The van der Waals surface area contributed by atoms with Gasteiger partial charge in [0, 0.05) is 18.3 Å². The van der Waals surface area contributed by atoms with Gasteiger partial charge < -0.3 is 5.11 Å². The third-order valence-electron chi connectivity index (χ3n) is 4.55. The number of aliphatic hydroxyl groups is 1. The summed E-state index contributed by atoms with van der Waals surface area (Å²) in [6.45, 7) is 0.257. The highest BCUT2D eigenvalue weighted by Gasteiger charge is 2.37. The van der Waals surface area contributed by atoms with Crippen molar-refractivity contribution in [2.45, 2.75) is 41.9 Å². The highest BCUT2D eigenvalue weighted by molar-refractivity contribution is 7.99. The summed E-state index contributed by atoms with van der Waals surface area (Å²) in [7, 11) is 0. The minimum Gasteiger partial charge on any atom is -0.396 e. The van der Waals surface area contributed by atoms with E-state index in [0.29, 0.717) is 28.6 Å². The van der Waals surface area contributed by atoms with Crippen LogP contribution in [0.25, 0.3) is 0 Å². The van der Waals surface area contributed by atoms with Crippen molar-refractivity contribution < 1.29 is 9.50 Å². The zero-order valence-electron chi connectivity index (χ0n) is 12.1. The van der Waals surface area contributed by atoms with Crippen LogP contribution in [-0.4, -0.2) is 31.7 Å². The Labute approximate surface area is 132 Å². The molecule has 0 saturated heterocycles. The Morgan fingerprint density at radius 2 is 2.00 bits per heavy atom. The molecule has 0 amide bonds. The molecule has 2 aromatic rings. The number of nitrogens with zero attached hydrogens (tertiary/aromatic N) is 3. The number of alkyl halides is 1. The summed E-state index contributed by atoms with van der Waals surface area (Å²) in [6.07, 6.45) is 1.36. The Morgan fingerprint density at radius 1 is 1.23 bits per heavy atom. The van der Waals surface area contributed by atoms with E-state index in [1.807, 2.05) is 30.3 Å². The van der Waals surface area contributed by atoms with Crippen LogP contribution in [0.3, 0.4) is 0 Å². The van der Waals surface area contributed by atoms with E-state index < -0.39 is 6.17 Å². The molecule has 1 N–H and O–H groups in total. The van der Waals surface area contributed by atoms with Crippen molar-refractivity contribution in [2.75, 3.05) is 6.61 Å². The third kappa shape index (κ3) is 2.44. The van der Waals surface area contributed by atoms with Gasteiger partial charge in [-0.05, 0) is 24.3 Å². The zero-order valence-corrected chi connectivity index (χ0v) is 12.9. The number of aromatic nitrogens is 3. The lowest BCUT2D eigenvalue weighted by Gasteiger charge is -2.32. The highest BCUT2D eigenvalue weighted by Crippen LogP contribution is 2.43. The predicted molar refractivity (Wildman–Crippen MR) is 82.5 cm³/mol. The van der Waals surface area contributed by atoms with E-state index in [9.17, 15) is 4.39 Å². The molecular weight excluding hydrogens is 301 g/mol.